The van der Waals surface area contributed by atoms with Gasteiger partial charge in [0.25, 0.3) is 0 Å². The van der Waals surface area contributed by atoms with Crippen LogP contribution in [-0.2, 0) is 31.5 Å². The molecule has 3 aromatic carbocycles. The third-order valence-electron chi connectivity index (χ3n) is 7.58. The first-order valence-corrected chi connectivity index (χ1v) is 14.3. The van der Waals surface area contributed by atoms with Crippen LogP contribution in [0.3, 0.4) is 0 Å². The fourth-order valence-electron chi connectivity index (χ4n) is 5.18. The van der Waals surface area contributed by atoms with E-state index in [-0.39, 0.29) is 42.7 Å². The smallest absolute Gasteiger partial charge is 0.429 e. The maximum Gasteiger partial charge on any atom is 0.432 e. The van der Waals surface area contributed by atoms with Gasteiger partial charge in [0.1, 0.15) is 22.9 Å². The summed E-state index contributed by atoms with van der Waals surface area (Å²) >= 11 is 0. The van der Waals surface area contributed by atoms with Gasteiger partial charge in [-0.2, -0.15) is 8.78 Å². The molecule has 12 heteroatoms. The van der Waals surface area contributed by atoms with E-state index in [0.29, 0.717) is 25.3 Å². The Balaban J connectivity index is 1.15. The number of halogens is 7. The zero-order valence-electron chi connectivity index (χ0n) is 23.8. The maximum absolute atomic E-state index is 14.8. The molecule has 0 N–H and O–H groups in total. The molecule has 2 saturated heterocycles. The number of unbranched alkanes of at least 4 members (excludes halogenated alkanes) is 2. The van der Waals surface area contributed by atoms with Crippen LogP contribution in [0.2, 0.25) is 0 Å². The van der Waals surface area contributed by atoms with E-state index in [1.807, 2.05) is 0 Å². The van der Waals surface area contributed by atoms with Crippen LogP contribution < -0.4 is 4.74 Å². The second-order valence-corrected chi connectivity index (χ2v) is 10.9. The highest BCUT2D eigenvalue weighted by Gasteiger charge is 2.42. The quantitative estimate of drug-likeness (QED) is 0.129. The number of hydrogen-bond donors (Lipinski definition) is 0. The molecule has 0 atom stereocenters. The van der Waals surface area contributed by atoms with Gasteiger partial charge in [-0.05, 0) is 36.1 Å². The van der Waals surface area contributed by atoms with Crippen molar-refractivity contribution >= 4 is 0 Å². The summed E-state index contributed by atoms with van der Waals surface area (Å²) in [6, 6.07) is 9.85. The van der Waals surface area contributed by atoms with E-state index in [1.54, 1.807) is 0 Å². The Morgan fingerprint density at radius 1 is 0.727 bits per heavy atom. The number of benzene rings is 3. The Bertz CT molecular complexity index is 1370. The first-order chi connectivity index (χ1) is 21.1. The summed E-state index contributed by atoms with van der Waals surface area (Å²) in [5.74, 6) is -10.5. The molecular weight excluding hydrogens is 597 g/mol. The van der Waals surface area contributed by atoms with Crippen molar-refractivity contribution < 1.29 is 54.4 Å². The molecule has 2 aliphatic heterocycles. The molecule has 0 radical (unpaired) electrons. The summed E-state index contributed by atoms with van der Waals surface area (Å²) in [5, 5.41) is 0. The number of hydrogen-bond acceptors (Lipinski definition) is 5. The molecule has 0 spiro atoms. The van der Waals surface area contributed by atoms with Crippen LogP contribution in [0.4, 0.5) is 30.7 Å². The standard InChI is InChI=1S/C32H31F7O5/c1-2-3-4-5-18-6-8-19(9-7-18)21-14-40-31(41-15-21)22-16-42-30(43-17-22)20-10-24(33)28(25(34)11-20)32(38,39)44-23-12-26(35)29(37)27(36)13-23/h6-13,21-22,30-31H,2-5,14-17H2,1H3. The van der Waals surface area contributed by atoms with E-state index in [2.05, 4.69) is 35.9 Å². The van der Waals surface area contributed by atoms with Crippen LogP contribution in [-0.4, -0.2) is 32.7 Å². The number of aryl methyl sites for hydroxylation is 1. The summed E-state index contributed by atoms with van der Waals surface area (Å²) in [6.45, 7) is 3.10. The van der Waals surface area contributed by atoms with Crippen molar-refractivity contribution in [1.29, 1.82) is 0 Å². The molecular formula is C32H31F7O5. The van der Waals surface area contributed by atoms with E-state index < -0.39 is 59.1 Å². The van der Waals surface area contributed by atoms with Crippen molar-refractivity contribution in [2.75, 3.05) is 26.4 Å². The average Bonchev–Trinajstić information content (AvgIpc) is 3.00. The lowest BCUT2D eigenvalue weighted by Gasteiger charge is -2.37. The predicted octanol–water partition coefficient (Wildman–Crippen LogP) is 8.06. The molecule has 3 aromatic rings. The monoisotopic (exact) mass is 628 g/mol. The third-order valence-corrected chi connectivity index (χ3v) is 7.58. The second-order valence-electron chi connectivity index (χ2n) is 10.9. The van der Waals surface area contributed by atoms with Gasteiger partial charge in [0.2, 0.25) is 0 Å². The van der Waals surface area contributed by atoms with Crippen LogP contribution in [0.5, 0.6) is 5.75 Å². The number of rotatable bonds is 10. The Morgan fingerprint density at radius 3 is 1.89 bits per heavy atom. The van der Waals surface area contributed by atoms with Gasteiger partial charge in [0.15, 0.2) is 30.0 Å². The minimum absolute atomic E-state index is 0.0401. The summed E-state index contributed by atoms with van der Waals surface area (Å²) in [7, 11) is 0. The van der Waals surface area contributed by atoms with Gasteiger partial charge in [-0.3, -0.25) is 0 Å². The molecule has 5 rings (SSSR count). The molecule has 0 saturated carbocycles. The van der Waals surface area contributed by atoms with Crippen molar-refractivity contribution in [2.45, 2.75) is 57.2 Å². The maximum atomic E-state index is 14.8. The van der Waals surface area contributed by atoms with Crippen LogP contribution >= 0.6 is 0 Å². The zero-order chi connectivity index (χ0) is 31.4. The molecule has 5 nitrogen and oxygen atoms in total. The Labute approximate surface area is 249 Å². The Kier molecular flexibility index (Phi) is 10.1. The molecule has 44 heavy (non-hydrogen) atoms. The van der Waals surface area contributed by atoms with Gasteiger partial charge in [-0.1, -0.05) is 44.0 Å². The van der Waals surface area contributed by atoms with E-state index in [4.69, 9.17) is 18.9 Å². The number of ether oxygens (including phenoxy) is 5. The fraction of sp³-hybridized carbons (Fsp3) is 0.438. The molecule has 0 aromatic heterocycles. The predicted molar refractivity (Wildman–Crippen MR) is 143 cm³/mol. The zero-order valence-corrected chi connectivity index (χ0v) is 23.8. The van der Waals surface area contributed by atoms with E-state index in [0.717, 1.165) is 18.4 Å². The first-order valence-electron chi connectivity index (χ1n) is 14.3. The minimum atomic E-state index is -4.70. The molecule has 0 unspecified atom stereocenters. The van der Waals surface area contributed by atoms with E-state index in [1.165, 1.54) is 18.4 Å². The molecule has 0 aliphatic carbocycles. The minimum Gasteiger partial charge on any atom is -0.429 e. The van der Waals surface area contributed by atoms with Gasteiger partial charge in [0.05, 0.1) is 32.3 Å². The molecule has 0 bridgehead atoms. The van der Waals surface area contributed by atoms with Crippen molar-refractivity contribution in [2.24, 2.45) is 5.92 Å². The van der Waals surface area contributed by atoms with Crippen molar-refractivity contribution in [3.05, 3.63) is 99.9 Å². The first kappa shape index (κ1) is 32.2. The summed E-state index contributed by atoms with van der Waals surface area (Å²) < 4.78 is 126. The lowest BCUT2D eigenvalue weighted by Crippen LogP contribution is -2.42. The largest absolute Gasteiger partial charge is 0.432 e. The van der Waals surface area contributed by atoms with Gasteiger partial charge in [-0.25, -0.2) is 22.0 Å². The van der Waals surface area contributed by atoms with Crippen LogP contribution in [0.15, 0.2) is 48.5 Å². The van der Waals surface area contributed by atoms with Crippen LogP contribution in [0.1, 0.15) is 60.6 Å². The highest BCUT2D eigenvalue weighted by molar-refractivity contribution is 5.32. The highest BCUT2D eigenvalue weighted by Crippen LogP contribution is 2.38. The van der Waals surface area contributed by atoms with E-state index >= 15 is 0 Å². The average molecular weight is 629 g/mol. The van der Waals surface area contributed by atoms with Gasteiger partial charge >= 0.3 is 6.11 Å². The third kappa shape index (κ3) is 7.36. The van der Waals surface area contributed by atoms with Gasteiger partial charge < -0.3 is 23.7 Å². The Hall–Kier alpha value is -3.19. The van der Waals surface area contributed by atoms with Gasteiger partial charge in [-0.15, -0.1) is 0 Å². The summed E-state index contributed by atoms with van der Waals surface area (Å²) in [4.78, 5) is 0. The van der Waals surface area contributed by atoms with Gasteiger partial charge in [0, 0.05) is 23.6 Å². The summed E-state index contributed by atoms with van der Waals surface area (Å²) in [5.41, 5.74) is 0.364. The number of alkyl halides is 2. The fourth-order valence-corrected chi connectivity index (χ4v) is 5.18. The van der Waals surface area contributed by atoms with Crippen LogP contribution in [0, 0.1) is 35.0 Å². The molecule has 2 heterocycles. The van der Waals surface area contributed by atoms with Crippen LogP contribution in [0.25, 0.3) is 0 Å². The molecule has 0 amide bonds. The molecule has 238 valence electrons. The van der Waals surface area contributed by atoms with Crippen molar-refractivity contribution in [1.82, 2.24) is 0 Å². The van der Waals surface area contributed by atoms with E-state index in [9.17, 15) is 30.7 Å². The normalized spacial score (nSPS) is 22.6. The highest BCUT2D eigenvalue weighted by atomic mass is 19.3. The molecule has 2 fully saturated rings. The Morgan fingerprint density at radius 2 is 1.32 bits per heavy atom. The second kappa shape index (κ2) is 13.8. The lowest BCUT2D eigenvalue weighted by molar-refractivity contribution is -0.277. The van der Waals surface area contributed by atoms with Crippen molar-refractivity contribution in [3.8, 4) is 5.75 Å². The lowest BCUT2D eigenvalue weighted by atomic mass is 9.97. The topological polar surface area (TPSA) is 46.2 Å². The van der Waals surface area contributed by atoms with Crippen molar-refractivity contribution in [3.63, 3.8) is 0 Å². The SMILES string of the molecule is CCCCCc1ccc(C2COC(C3COC(c4cc(F)c(C(F)(F)Oc5cc(F)c(F)c(F)c5)c(F)c4)OC3)OC2)cc1. The molecule has 2 aliphatic rings. The summed E-state index contributed by atoms with van der Waals surface area (Å²) in [6.07, 6.45) is -2.03.